The molecule has 0 amide bonds. The Bertz CT molecular complexity index is 895. The molecule has 0 spiro atoms. The van der Waals surface area contributed by atoms with Crippen LogP contribution >= 0.6 is 12.2 Å². The zero-order valence-electron chi connectivity index (χ0n) is 17.6. The number of hydrogen-bond acceptors (Lipinski definition) is 4. The molecule has 29 heavy (non-hydrogen) atoms. The number of nitrogens with zero attached hydrogens (tertiary/aromatic N) is 1. The lowest BCUT2D eigenvalue weighted by atomic mass is 9.86. The molecule has 1 aliphatic rings. The molecule has 156 valence electrons. The molecule has 3 N–H and O–H groups in total. The van der Waals surface area contributed by atoms with Crippen LogP contribution in [-0.4, -0.2) is 29.3 Å². The number of fused-ring (bicyclic) bond motifs is 1. The van der Waals surface area contributed by atoms with Gasteiger partial charge in [0, 0.05) is 36.4 Å². The molecule has 1 heterocycles. The summed E-state index contributed by atoms with van der Waals surface area (Å²) in [6, 6.07) is 6.83. The maximum absolute atomic E-state index is 9.03. The molecule has 3 rings (SSSR count). The first-order valence-corrected chi connectivity index (χ1v) is 11.3. The Morgan fingerprint density at radius 2 is 2.14 bits per heavy atom. The van der Waals surface area contributed by atoms with Crippen molar-refractivity contribution in [1.29, 1.82) is 0 Å². The van der Waals surface area contributed by atoms with E-state index in [9.17, 15) is 0 Å². The lowest BCUT2D eigenvalue weighted by molar-refractivity contribution is 0.523. The third kappa shape index (κ3) is 5.62. The maximum Gasteiger partial charge on any atom is 0.0759 e. The van der Waals surface area contributed by atoms with Gasteiger partial charge in [-0.15, -0.1) is 0 Å². The van der Waals surface area contributed by atoms with Crippen molar-refractivity contribution < 1.29 is 4.55 Å². The first kappa shape index (κ1) is 21.9. The Hall–Kier alpha value is -1.82. The highest BCUT2D eigenvalue weighted by molar-refractivity contribution is 7.91. The number of aromatic nitrogens is 1. The molecule has 5 heteroatoms. The molecule has 1 aromatic carbocycles. The Morgan fingerprint density at radius 1 is 1.34 bits per heavy atom. The van der Waals surface area contributed by atoms with Crippen LogP contribution in [0.4, 0.5) is 0 Å². The normalized spacial score (nSPS) is 15.3. The minimum atomic E-state index is 0.506. The quantitative estimate of drug-likeness (QED) is 0.125. The summed E-state index contributed by atoms with van der Waals surface area (Å²) in [5.74, 6) is 1.44. The number of nitrogens with one attached hydrogen (secondary N) is 2. The second-order valence-corrected chi connectivity index (χ2v) is 8.53. The SMILES string of the molecule is C=C(C=NC)C(=C)c1cc2cc(CC)c(C(CCNSO)CCC3CC3)cc2[nH]1. The molecule has 0 saturated heterocycles. The second kappa shape index (κ2) is 10.3. The molecule has 4 nitrogen and oxygen atoms in total. The van der Waals surface area contributed by atoms with Crippen LogP contribution in [0, 0.1) is 5.92 Å². The van der Waals surface area contributed by atoms with E-state index in [0.717, 1.165) is 47.7 Å². The molecule has 0 radical (unpaired) electrons. The molecular weight excluding hydrogens is 378 g/mol. The summed E-state index contributed by atoms with van der Waals surface area (Å²) in [5, 5.41) is 1.22. The fourth-order valence-corrected chi connectivity index (χ4v) is 4.29. The predicted molar refractivity (Wildman–Crippen MR) is 128 cm³/mol. The van der Waals surface area contributed by atoms with Crippen LogP contribution in [0.25, 0.3) is 16.5 Å². The zero-order valence-corrected chi connectivity index (χ0v) is 18.4. The van der Waals surface area contributed by atoms with Gasteiger partial charge >= 0.3 is 0 Å². The van der Waals surface area contributed by atoms with Crippen molar-refractivity contribution in [3.8, 4) is 0 Å². The van der Waals surface area contributed by atoms with Crippen molar-refractivity contribution in [2.24, 2.45) is 10.9 Å². The van der Waals surface area contributed by atoms with E-state index in [-0.39, 0.29) is 0 Å². The van der Waals surface area contributed by atoms with E-state index in [0.29, 0.717) is 18.1 Å². The molecule has 0 aliphatic heterocycles. The first-order chi connectivity index (χ1) is 14.1. The number of allylic oxidation sites excluding steroid dienone is 2. The number of H-pyrrole nitrogens is 1. The number of aliphatic imine (C=N–C) groups is 1. The summed E-state index contributed by atoms with van der Waals surface area (Å²) in [6.07, 6.45) is 9.10. The Morgan fingerprint density at radius 3 is 2.79 bits per heavy atom. The second-order valence-electron chi connectivity index (χ2n) is 8.06. The van der Waals surface area contributed by atoms with Crippen LogP contribution < -0.4 is 4.72 Å². The molecule has 2 aromatic rings. The average molecular weight is 412 g/mol. The molecule has 1 saturated carbocycles. The Balaban J connectivity index is 1.91. The summed E-state index contributed by atoms with van der Waals surface area (Å²) < 4.78 is 12.0. The van der Waals surface area contributed by atoms with E-state index in [1.165, 1.54) is 42.2 Å². The van der Waals surface area contributed by atoms with Crippen LogP contribution in [0.3, 0.4) is 0 Å². The third-order valence-electron chi connectivity index (χ3n) is 5.98. The van der Waals surface area contributed by atoms with Crippen molar-refractivity contribution in [3.05, 3.63) is 53.8 Å². The fourth-order valence-electron chi connectivity index (χ4n) is 4.08. The molecule has 0 bridgehead atoms. The number of benzene rings is 1. The van der Waals surface area contributed by atoms with Gasteiger partial charge in [0.25, 0.3) is 0 Å². The summed E-state index contributed by atoms with van der Waals surface area (Å²) in [4.78, 5) is 7.60. The smallest absolute Gasteiger partial charge is 0.0759 e. The van der Waals surface area contributed by atoms with Gasteiger partial charge in [0.15, 0.2) is 0 Å². The highest BCUT2D eigenvalue weighted by Crippen LogP contribution is 2.39. The Kier molecular flexibility index (Phi) is 7.76. The van der Waals surface area contributed by atoms with E-state index in [1.54, 1.807) is 13.3 Å². The third-order valence-corrected chi connectivity index (χ3v) is 6.31. The van der Waals surface area contributed by atoms with Crippen LogP contribution in [0.15, 0.2) is 41.9 Å². The maximum atomic E-state index is 9.03. The summed E-state index contributed by atoms with van der Waals surface area (Å²) >= 11 is 0.716. The van der Waals surface area contributed by atoms with Gasteiger partial charge in [0.05, 0.1) is 12.2 Å². The van der Waals surface area contributed by atoms with Crippen LogP contribution in [0.1, 0.15) is 61.8 Å². The molecule has 1 atom stereocenters. The van der Waals surface area contributed by atoms with Gasteiger partial charge in [-0.1, -0.05) is 32.9 Å². The van der Waals surface area contributed by atoms with Crippen molar-refractivity contribution in [3.63, 3.8) is 0 Å². The van der Waals surface area contributed by atoms with Crippen molar-refractivity contribution in [2.75, 3.05) is 13.6 Å². The van der Waals surface area contributed by atoms with Crippen molar-refractivity contribution in [2.45, 2.75) is 51.4 Å². The topological polar surface area (TPSA) is 60.4 Å². The lowest BCUT2D eigenvalue weighted by Gasteiger charge is -2.21. The summed E-state index contributed by atoms with van der Waals surface area (Å²) in [6.45, 7) is 11.3. The predicted octanol–water partition coefficient (Wildman–Crippen LogP) is 6.38. The summed E-state index contributed by atoms with van der Waals surface area (Å²) in [7, 11) is 1.75. The van der Waals surface area contributed by atoms with E-state index >= 15 is 0 Å². The molecule has 1 aliphatic carbocycles. The van der Waals surface area contributed by atoms with Gasteiger partial charge < -0.3 is 9.54 Å². The largest absolute Gasteiger partial charge is 0.355 e. The number of aromatic amines is 1. The van der Waals surface area contributed by atoms with Gasteiger partial charge in [-0.2, -0.15) is 0 Å². The zero-order chi connectivity index (χ0) is 20.8. The van der Waals surface area contributed by atoms with Gasteiger partial charge in [0.2, 0.25) is 0 Å². The molecule has 1 fully saturated rings. The standard InChI is InChI=1S/C24H33N3OS/c1-5-19-12-21-13-23(17(3)16(2)15-25-4)27-24(21)14-22(19)20(10-11-26-29-28)9-8-18-6-7-18/h12-15,18,20,26-28H,2-3,5-11H2,1,4H3. The molecule has 1 aromatic heterocycles. The van der Waals surface area contributed by atoms with Crippen LogP contribution in [-0.2, 0) is 6.42 Å². The van der Waals surface area contributed by atoms with E-state index in [2.05, 4.69) is 53.0 Å². The average Bonchev–Trinajstić information content (AvgIpc) is 3.46. The highest BCUT2D eigenvalue weighted by atomic mass is 32.2. The minimum Gasteiger partial charge on any atom is -0.355 e. The number of rotatable bonds is 12. The van der Waals surface area contributed by atoms with Gasteiger partial charge in [-0.25, -0.2) is 4.72 Å². The van der Waals surface area contributed by atoms with E-state index < -0.39 is 0 Å². The van der Waals surface area contributed by atoms with Crippen molar-refractivity contribution in [1.82, 2.24) is 9.71 Å². The first-order valence-electron chi connectivity index (χ1n) is 10.6. The number of hydrogen-bond donors (Lipinski definition) is 3. The monoisotopic (exact) mass is 411 g/mol. The van der Waals surface area contributed by atoms with Crippen LogP contribution in [0.2, 0.25) is 0 Å². The highest BCUT2D eigenvalue weighted by Gasteiger charge is 2.24. The van der Waals surface area contributed by atoms with Gasteiger partial charge in [-0.05, 0) is 78.0 Å². The molecular formula is C24H33N3OS. The fraction of sp³-hybridized carbons (Fsp3) is 0.458. The molecule has 1 unspecified atom stereocenters. The van der Waals surface area contributed by atoms with Crippen molar-refractivity contribution >= 4 is 34.9 Å². The number of aryl methyl sites for hydroxylation is 1. The lowest BCUT2D eigenvalue weighted by Crippen LogP contribution is -2.12. The van der Waals surface area contributed by atoms with E-state index in [1.807, 2.05) is 0 Å². The Labute approximate surface area is 178 Å². The van der Waals surface area contributed by atoms with E-state index in [4.69, 9.17) is 4.55 Å². The van der Waals surface area contributed by atoms with Gasteiger partial charge in [-0.3, -0.25) is 4.99 Å². The van der Waals surface area contributed by atoms with Crippen LogP contribution in [0.5, 0.6) is 0 Å². The summed E-state index contributed by atoms with van der Waals surface area (Å²) in [5.41, 5.74) is 6.71. The van der Waals surface area contributed by atoms with Gasteiger partial charge in [0.1, 0.15) is 0 Å². The minimum absolute atomic E-state index is 0.506.